The Morgan fingerprint density at radius 3 is 3.27 bits per heavy atom. The molecule has 1 N–H and O–H groups in total. The Labute approximate surface area is 62.3 Å². The van der Waals surface area contributed by atoms with Gasteiger partial charge in [-0.3, -0.25) is 0 Å². The maximum Gasteiger partial charge on any atom is 0.118 e. The molecule has 0 aliphatic carbocycles. The highest BCUT2D eigenvalue weighted by Gasteiger charge is 2.02. The van der Waals surface area contributed by atoms with Gasteiger partial charge < -0.3 is 5.11 Å². The van der Waals surface area contributed by atoms with E-state index in [1.165, 1.54) is 4.63 Å². The van der Waals surface area contributed by atoms with Gasteiger partial charge in [-0.1, -0.05) is 0 Å². The summed E-state index contributed by atoms with van der Waals surface area (Å²) in [7, 11) is 0. The van der Waals surface area contributed by atoms with Gasteiger partial charge in [-0.2, -0.15) is 5.10 Å². The molecule has 0 atom stereocenters. The number of hydrogen-bond acceptors (Lipinski definition) is 4. The highest BCUT2D eigenvalue weighted by Crippen LogP contribution is 2.03. The van der Waals surface area contributed by atoms with Gasteiger partial charge in [-0.05, 0) is 17.3 Å². The Morgan fingerprint density at radius 2 is 2.45 bits per heavy atom. The largest absolute Gasteiger partial charge is 0.390 e. The zero-order valence-electron chi connectivity index (χ0n) is 5.68. The van der Waals surface area contributed by atoms with E-state index in [-0.39, 0.29) is 6.61 Å². The standard InChI is InChI=1S/C6H6N4O/c11-4-5-6-2-1-3-7-10(6)9-8-5/h1-3,11H,4H2. The average Bonchev–Trinajstić information content (AvgIpc) is 2.47. The Balaban J connectivity index is 2.76. The van der Waals surface area contributed by atoms with Gasteiger partial charge in [-0.15, -0.1) is 9.73 Å². The predicted octanol–water partition coefficient (Wildman–Crippen LogP) is -0.383. The fourth-order valence-electron chi connectivity index (χ4n) is 0.908. The van der Waals surface area contributed by atoms with Crippen molar-refractivity contribution in [2.24, 2.45) is 0 Å². The number of aliphatic hydroxyl groups excluding tert-OH is 1. The first kappa shape index (κ1) is 6.23. The van der Waals surface area contributed by atoms with Crippen molar-refractivity contribution in [1.82, 2.24) is 20.0 Å². The first-order chi connectivity index (χ1) is 5.42. The molecule has 0 radical (unpaired) electrons. The molecule has 2 aromatic heterocycles. The number of nitrogens with zero attached hydrogens (tertiary/aromatic N) is 4. The molecular weight excluding hydrogens is 144 g/mol. The van der Waals surface area contributed by atoms with E-state index in [0.29, 0.717) is 5.69 Å². The third-order valence-corrected chi connectivity index (χ3v) is 1.43. The number of hydrogen-bond donors (Lipinski definition) is 1. The molecule has 0 saturated heterocycles. The second-order valence-electron chi connectivity index (χ2n) is 2.09. The highest BCUT2D eigenvalue weighted by molar-refractivity contribution is 5.48. The van der Waals surface area contributed by atoms with E-state index in [2.05, 4.69) is 15.4 Å². The molecule has 0 aliphatic heterocycles. The second kappa shape index (κ2) is 2.28. The summed E-state index contributed by atoms with van der Waals surface area (Å²) >= 11 is 0. The molecule has 2 rings (SSSR count). The van der Waals surface area contributed by atoms with Crippen molar-refractivity contribution in [2.45, 2.75) is 6.61 Å². The predicted molar refractivity (Wildman–Crippen MR) is 36.7 cm³/mol. The molecule has 0 aliphatic rings. The van der Waals surface area contributed by atoms with Crippen molar-refractivity contribution in [1.29, 1.82) is 0 Å². The van der Waals surface area contributed by atoms with E-state index in [1.54, 1.807) is 18.3 Å². The van der Waals surface area contributed by atoms with Crippen LogP contribution in [0.5, 0.6) is 0 Å². The molecule has 5 heteroatoms. The number of aromatic nitrogens is 4. The summed E-state index contributed by atoms with van der Waals surface area (Å²) in [4.78, 5) is 0. The topological polar surface area (TPSA) is 63.3 Å². The number of rotatable bonds is 1. The van der Waals surface area contributed by atoms with E-state index >= 15 is 0 Å². The molecule has 0 aromatic carbocycles. The Hall–Kier alpha value is -1.49. The van der Waals surface area contributed by atoms with Gasteiger partial charge in [-0.25, -0.2) is 0 Å². The lowest BCUT2D eigenvalue weighted by molar-refractivity contribution is 0.278. The lowest BCUT2D eigenvalue weighted by Gasteiger charge is -1.88. The van der Waals surface area contributed by atoms with Crippen LogP contribution < -0.4 is 0 Å². The molecule has 0 saturated carbocycles. The molecule has 0 spiro atoms. The van der Waals surface area contributed by atoms with Gasteiger partial charge in [0.25, 0.3) is 0 Å². The van der Waals surface area contributed by atoms with E-state index < -0.39 is 0 Å². The van der Waals surface area contributed by atoms with E-state index in [0.717, 1.165) is 5.52 Å². The fourth-order valence-corrected chi connectivity index (χ4v) is 0.908. The molecular formula is C6H6N4O. The quantitative estimate of drug-likeness (QED) is 0.601. The summed E-state index contributed by atoms with van der Waals surface area (Å²) in [5.41, 5.74) is 1.30. The minimum absolute atomic E-state index is 0.102. The first-order valence-electron chi connectivity index (χ1n) is 3.18. The lowest BCUT2D eigenvalue weighted by atomic mass is 10.4. The van der Waals surface area contributed by atoms with Crippen molar-refractivity contribution in [3.05, 3.63) is 24.0 Å². The molecule has 5 nitrogen and oxygen atoms in total. The maximum atomic E-state index is 8.78. The molecule has 2 aromatic rings. The minimum atomic E-state index is -0.102. The van der Waals surface area contributed by atoms with Crippen LogP contribution in [-0.4, -0.2) is 25.1 Å². The van der Waals surface area contributed by atoms with E-state index in [9.17, 15) is 0 Å². The normalized spacial score (nSPS) is 10.6. The first-order valence-corrected chi connectivity index (χ1v) is 3.18. The highest BCUT2D eigenvalue weighted by atomic mass is 16.3. The van der Waals surface area contributed by atoms with Gasteiger partial charge >= 0.3 is 0 Å². The van der Waals surface area contributed by atoms with Crippen molar-refractivity contribution in [3.8, 4) is 0 Å². The minimum Gasteiger partial charge on any atom is -0.390 e. The zero-order valence-corrected chi connectivity index (χ0v) is 5.68. The van der Waals surface area contributed by atoms with Crippen LogP contribution in [0.4, 0.5) is 0 Å². The van der Waals surface area contributed by atoms with Crippen molar-refractivity contribution < 1.29 is 5.11 Å². The summed E-state index contributed by atoms with van der Waals surface area (Å²) in [6.07, 6.45) is 1.61. The van der Waals surface area contributed by atoms with Gasteiger partial charge in [0.1, 0.15) is 11.2 Å². The van der Waals surface area contributed by atoms with Gasteiger partial charge in [0.2, 0.25) is 0 Å². The summed E-state index contributed by atoms with van der Waals surface area (Å²) in [6, 6.07) is 3.58. The van der Waals surface area contributed by atoms with E-state index in [4.69, 9.17) is 5.11 Å². The lowest BCUT2D eigenvalue weighted by Crippen LogP contribution is -1.91. The SMILES string of the molecule is OCc1nnn2ncccc12. The summed E-state index contributed by atoms with van der Waals surface area (Å²) in [5, 5.41) is 20.1. The third kappa shape index (κ3) is 0.857. The second-order valence-corrected chi connectivity index (χ2v) is 2.09. The molecule has 0 amide bonds. The Kier molecular flexibility index (Phi) is 1.29. The Bertz CT molecular complexity index is 369. The maximum absolute atomic E-state index is 8.78. The average molecular weight is 150 g/mol. The van der Waals surface area contributed by atoms with Crippen LogP contribution in [0.15, 0.2) is 18.3 Å². The van der Waals surface area contributed by atoms with Crippen LogP contribution >= 0.6 is 0 Å². The third-order valence-electron chi connectivity index (χ3n) is 1.43. The van der Waals surface area contributed by atoms with Crippen LogP contribution in [0.25, 0.3) is 5.52 Å². The van der Waals surface area contributed by atoms with Crippen LogP contribution in [0.3, 0.4) is 0 Å². The van der Waals surface area contributed by atoms with Crippen molar-refractivity contribution >= 4 is 5.52 Å². The van der Waals surface area contributed by atoms with Gasteiger partial charge in [0.15, 0.2) is 0 Å². The van der Waals surface area contributed by atoms with Crippen molar-refractivity contribution in [2.75, 3.05) is 0 Å². The van der Waals surface area contributed by atoms with Crippen LogP contribution in [0.1, 0.15) is 5.69 Å². The molecule has 0 bridgehead atoms. The zero-order chi connectivity index (χ0) is 7.68. The summed E-state index contributed by atoms with van der Waals surface area (Å²) in [5.74, 6) is 0. The smallest absolute Gasteiger partial charge is 0.118 e. The molecule has 11 heavy (non-hydrogen) atoms. The van der Waals surface area contributed by atoms with Crippen LogP contribution in [-0.2, 0) is 6.61 Å². The summed E-state index contributed by atoms with van der Waals surface area (Å²) < 4.78 is 1.38. The van der Waals surface area contributed by atoms with Crippen LogP contribution in [0, 0.1) is 0 Å². The molecule has 56 valence electrons. The number of aliphatic hydroxyl groups is 1. The van der Waals surface area contributed by atoms with Gasteiger partial charge in [0.05, 0.1) is 6.61 Å². The van der Waals surface area contributed by atoms with Gasteiger partial charge in [0, 0.05) is 6.20 Å². The molecule has 0 unspecified atom stereocenters. The van der Waals surface area contributed by atoms with Crippen molar-refractivity contribution in [3.63, 3.8) is 0 Å². The monoisotopic (exact) mass is 150 g/mol. The summed E-state index contributed by atoms with van der Waals surface area (Å²) in [6.45, 7) is -0.102. The molecule has 2 heterocycles. The molecule has 0 fully saturated rings. The van der Waals surface area contributed by atoms with Crippen LogP contribution in [0.2, 0.25) is 0 Å². The van der Waals surface area contributed by atoms with E-state index in [1.807, 2.05) is 0 Å². The number of fused-ring (bicyclic) bond motifs is 1. The fraction of sp³-hybridized carbons (Fsp3) is 0.167. The Morgan fingerprint density at radius 1 is 1.55 bits per heavy atom.